The van der Waals surface area contributed by atoms with Crippen LogP contribution in [0.4, 0.5) is 0 Å². The van der Waals surface area contributed by atoms with Gasteiger partial charge in [-0.25, -0.2) is 13.1 Å². The molecule has 0 aromatic rings. The topological polar surface area (TPSA) is 83.5 Å². The minimum atomic E-state index is -3.18. The number of hydrogen-bond acceptors (Lipinski definition) is 3. The summed E-state index contributed by atoms with van der Waals surface area (Å²) in [4.78, 5) is 10.5. The molecule has 0 amide bonds. The zero-order valence-corrected chi connectivity index (χ0v) is 12.6. The second-order valence-electron chi connectivity index (χ2n) is 6.15. The maximum Gasteiger partial charge on any atom is 0.303 e. The Morgan fingerprint density at radius 1 is 1.26 bits per heavy atom. The fraction of sp³-hybridized carbons (Fsp3) is 0.923. The van der Waals surface area contributed by atoms with Crippen molar-refractivity contribution in [2.24, 2.45) is 5.41 Å². The van der Waals surface area contributed by atoms with Gasteiger partial charge in [0.1, 0.15) is 0 Å². The molecule has 0 atom stereocenters. The highest BCUT2D eigenvalue weighted by molar-refractivity contribution is 7.90. The van der Waals surface area contributed by atoms with Crippen LogP contribution in [-0.2, 0) is 14.8 Å². The first-order valence-corrected chi connectivity index (χ1v) is 8.48. The highest BCUT2D eigenvalue weighted by Gasteiger charge is 2.28. The second-order valence-corrected chi connectivity index (χ2v) is 8.20. The molecule has 1 aliphatic carbocycles. The van der Waals surface area contributed by atoms with Crippen molar-refractivity contribution in [2.75, 3.05) is 6.54 Å². The minimum absolute atomic E-state index is 0.127. The summed E-state index contributed by atoms with van der Waals surface area (Å²) in [5, 5.41) is 8.44. The van der Waals surface area contributed by atoms with Gasteiger partial charge in [0.2, 0.25) is 10.0 Å². The predicted octanol–water partition coefficient (Wildman–Crippen LogP) is 2.13. The van der Waals surface area contributed by atoms with Crippen LogP contribution in [0.15, 0.2) is 0 Å². The van der Waals surface area contributed by atoms with E-state index >= 15 is 0 Å². The van der Waals surface area contributed by atoms with Crippen LogP contribution in [0.3, 0.4) is 0 Å². The summed E-state index contributed by atoms with van der Waals surface area (Å²) in [7, 11) is -3.18. The molecule has 0 heterocycles. The van der Waals surface area contributed by atoms with Gasteiger partial charge in [-0.1, -0.05) is 26.7 Å². The minimum Gasteiger partial charge on any atom is -0.481 e. The van der Waals surface area contributed by atoms with E-state index in [4.69, 9.17) is 5.11 Å². The SMILES string of the molecule is CC(C)(CCNS(=O)(=O)C1CCCC1)CCC(=O)O. The van der Waals surface area contributed by atoms with Gasteiger partial charge in [0.25, 0.3) is 0 Å². The number of sulfonamides is 1. The van der Waals surface area contributed by atoms with E-state index in [1.165, 1.54) is 0 Å². The van der Waals surface area contributed by atoms with Crippen molar-refractivity contribution in [3.63, 3.8) is 0 Å². The Kier molecular flexibility index (Phi) is 5.80. The summed E-state index contributed by atoms with van der Waals surface area (Å²) in [6.45, 7) is 4.34. The van der Waals surface area contributed by atoms with Gasteiger partial charge in [0.05, 0.1) is 5.25 Å². The number of carboxylic acid groups (broad SMARTS) is 1. The van der Waals surface area contributed by atoms with Crippen molar-refractivity contribution in [1.29, 1.82) is 0 Å². The molecule has 5 nitrogen and oxygen atoms in total. The Hall–Kier alpha value is -0.620. The monoisotopic (exact) mass is 291 g/mol. The molecule has 112 valence electrons. The first-order chi connectivity index (χ1) is 8.73. The Labute approximate surface area is 115 Å². The average Bonchev–Trinajstić information content (AvgIpc) is 2.80. The summed E-state index contributed by atoms with van der Waals surface area (Å²) >= 11 is 0. The molecular formula is C13H25NO4S. The van der Waals surface area contributed by atoms with Gasteiger partial charge in [-0.15, -0.1) is 0 Å². The van der Waals surface area contributed by atoms with Crippen LogP contribution in [0, 0.1) is 5.41 Å². The van der Waals surface area contributed by atoms with Crippen LogP contribution < -0.4 is 4.72 Å². The van der Waals surface area contributed by atoms with Crippen LogP contribution >= 0.6 is 0 Å². The Balaban J connectivity index is 2.34. The lowest BCUT2D eigenvalue weighted by atomic mass is 9.84. The van der Waals surface area contributed by atoms with Crippen LogP contribution in [0.1, 0.15) is 58.8 Å². The van der Waals surface area contributed by atoms with Crippen LogP contribution in [-0.4, -0.2) is 31.3 Å². The highest BCUT2D eigenvalue weighted by Crippen LogP contribution is 2.27. The fourth-order valence-electron chi connectivity index (χ4n) is 2.42. The van der Waals surface area contributed by atoms with E-state index in [0.29, 0.717) is 19.4 Å². The smallest absolute Gasteiger partial charge is 0.303 e. The third-order valence-corrected chi connectivity index (χ3v) is 5.82. The van der Waals surface area contributed by atoms with E-state index < -0.39 is 16.0 Å². The molecular weight excluding hydrogens is 266 g/mol. The van der Waals surface area contributed by atoms with Crippen molar-refractivity contribution in [2.45, 2.75) is 64.0 Å². The van der Waals surface area contributed by atoms with Crippen LogP contribution in [0.25, 0.3) is 0 Å². The number of carboxylic acids is 1. The fourth-order valence-corrected chi connectivity index (χ4v) is 3.99. The van der Waals surface area contributed by atoms with Crippen molar-refractivity contribution >= 4 is 16.0 Å². The maximum absolute atomic E-state index is 12.0. The van der Waals surface area contributed by atoms with E-state index in [1.54, 1.807) is 0 Å². The molecule has 0 aromatic heterocycles. The number of carbonyl (C=O) groups is 1. The first-order valence-electron chi connectivity index (χ1n) is 6.93. The summed E-state index contributed by atoms with van der Waals surface area (Å²) in [5.74, 6) is -0.806. The van der Waals surface area contributed by atoms with E-state index in [-0.39, 0.29) is 17.1 Å². The molecule has 0 bridgehead atoms. The molecule has 0 aliphatic heterocycles. The molecule has 6 heteroatoms. The summed E-state index contributed by atoms with van der Waals surface area (Å²) in [6, 6.07) is 0. The third kappa shape index (κ3) is 5.91. The van der Waals surface area contributed by atoms with Gasteiger partial charge < -0.3 is 5.11 Å². The summed E-state index contributed by atoms with van der Waals surface area (Å²) in [6.07, 6.45) is 4.86. The van der Waals surface area contributed by atoms with Crippen molar-refractivity contribution < 1.29 is 18.3 Å². The number of nitrogens with one attached hydrogen (secondary N) is 1. The zero-order valence-electron chi connectivity index (χ0n) is 11.8. The molecule has 1 aliphatic rings. The molecule has 0 spiro atoms. The lowest BCUT2D eigenvalue weighted by Crippen LogP contribution is -2.35. The normalized spacial score (nSPS) is 17.8. The van der Waals surface area contributed by atoms with Gasteiger partial charge in [-0.2, -0.15) is 0 Å². The Bertz CT molecular complexity index is 397. The van der Waals surface area contributed by atoms with Gasteiger partial charge >= 0.3 is 5.97 Å². The zero-order chi connectivity index (χ0) is 14.5. The standard InChI is InChI=1S/C13H25NO4S/c1-13(2,8-7-12(15)16)9-10-14-19(17,18)11-5-3-4-6-11/h11,14H,3-10H2,1-2H3,(H,15,16). The van der Waals surface area contributed by atoms with Crippen molar-refractivity contribution in [3.8, 4) is 0 Å². The Morgan fingerprint density at radius 3 is 2.37 bits per heavy atom. The Morgan fingerprint density at radius 2 is 1.84 bits per heavy atom. The summed E-state index contributed by atoms with van der Waals surface area (Å²) < 4.78 is 26.6. The van der Waals surface area contributed by atoms with Crippen molar-refractivity contribution in [3.05, 3.63) is 0 Å². The quantitative estimate of drug-likeness (QED) is 0.717. The van der Waals surface area contributed by atoms with Gasteiger partial charge in [-0.3, -0.25) is 4.79 Å². The molecule has 0 aromatic carbocycles. The van der Waals surface area contributed by atoms with Gasteiger partial charge in [-0.05, 0) is 31.1 Å². The molecule has 1 saturated carbocycles. The molecule has 1 fully saturated rings. The van der Waals surface area contributed by atoms with E-state index in [1.807, 2.05) is 13.8 Å². The van der Waals surface area contributed by atoms with E-state index in [2.05, 4.69) is 4.72 Å². The maximum atomic E-state index is 12.0. The molecule has 19 heavy (non-hydrogen) atoms. The molecule has 0 unspecified atom stereocenters. The molecule has 2 N–H and O–H groups in total. The van der Waals surface area contributed by atoms with Crippen LogP contribution in [0.5, 0.6) is 0 Å². The number of hydrogen-bond donors (Lipinski definition) is 2. The second kappa shape index (κ2) is 6.70. The third-order valence-electron chi connectivity index (χ3n) is 3.86. The molecule has 0 saturated heterocycles. The van der Waals surface area contributed by atoms with Gasteiger partial charge in [0, 0.05) is 13.0 Å². The number of aliphatic carboxylic acids is 1. The lowest BCUT2D eigenvalue weighted by Gasteiger charge is -2.24. The first kappa shape index (κ1) is 16.4. The molecule has 1 rings (SSSR count). The average molecular weight is 291 g/mol. The van der Waals surface area contributed by atoms with E-state index in [0.717, 1.165) is 25.7 Å². The highest BCUT2D eigenvalue weighted by atomic mass is 32.2. The largest absolute Gasteiger partial charge is 0.481 e. The van der Waals surface area contributed by atoms with Crippen LogP contribution in [0.2, 0.25) is 0 Å². The summed E-state index contributed by atoms with van der Waals surface area (Å²) in [5.41, 5.74) is -0.156. The van der Waals surface area contributed by atoms with Crippen molar-refractivity contribution in [1.82, 2.24) is 4.72 Å². The lowest BCUT2D eigenvalue weighted by molar-refractivity contribution is -0.137. The predicted molar refractivity (Wildman–Crippen MR) is 74.4 cm³/mol. The molecule has 0 radical (unpaired) electrons. The van der Waals surface area contributed by atoms with E-state index in [9.17, 15) is 13.2 Å². The number of rotatable bonds is 8. The van der Waals surface area contributed by atoms with Gasteiger partial charge in [0.15, 0.2) is 0 Å².